The minimum absolute atomic E-state index is 0.146. The van der Waals surface area contributed by atoms with Crippen molar-refractivity contribution in [1.29, 1.82) is 0 Å². The minimum atomic E-state index is -0.282. The van der Waals surface area contributed by atoms with Crippen LogP contribution in [0.5, 0.6) is 0 Å². The smallest absolute Gasteiger partial charge is 0.305 e. The molecule has 0 aliphatic carbocycles. The summed E-state index contributed by atoms with van der Waals surface area (Å²) < 4.78 is 18.6. The monoisotopic (exact) mass is 393 g/mol. The zero-order valence-electron chi connectivity index (χ0n) is 16.9. The second-order valence-corrected chi connectivity index (χ2v) is 6.89. The van der Waals surface area contributed by atoms with E-state index in [0.717, 1.165) is 57.7 Å². The van der Waals surface area contributed by atoms with Gasteiger partial charge in [0.15, 0.2) is 17.6 Å². The quantitative estimate of drug-likeness (QED) is 0.275. The standard InChI is InChI=1S/C20H32FN5O2/c1-3-22-20(24-12-7-5-4-6-10-18(27)28-2)25-16-11-14-26(15-16)19-17(21)9-8-13-23-19/h8-9,13,16H,3-7,10-12,14-15H2,1-2H3,(H2,22,24,25). The highest BCUT2D eigenvalue weighted by Gasteiger charge is 2.25. The van der Waals surface area contributed by atoms with Crippen LogP contribution in [-0.4, -0.2) is 56.2 Å². The van der Waals surface area contributed by atoms with Gasteiger partial charge in [0.2, 0.25) is 0 Å². The summed E-state index contributed by atoms with van der Waals surface area (Å²) in [6.45, 7) is 5.03. The third-order valence-electron chi connectivity index (χ3n) is 4.70. The molecule has 1 saturated heterocycles. The third-order valence-corrected chi connectivity index (χ3v) is 4.70. The Morgan fingerprint density at radius 3 is 2.96 bits per heavy atom. The van der Waals surface area contributed by atoms with E-state index in [0.29, 0.717) is 18.8 Å². The molecule has 156 valence electrons. The fourth-order valence-corrected chi connectivity index (χ4v) is 3.22. The number of esters is 1. The van der Waals surface area contributed by atoms with E-state index < -0.39 is 0 Å². The molecule has 1 atom stereocenters. The van der Waals surface area contributed by atoms with Crippen molar-refractivity contribution in [2.75, 3.05) is 38.2 Å². The number of halogens is 1. The fraction of sp³-hybridized carbons (Fsp3) is 0.650. The molecule has 2 N–H and O–H groups in total. The molecule has 0 aromatic carbocycles. The maximum absolute atomic E-state index is 13.9. The van der Waals surface area contributed by atoms with Crippen molar-refractivity contribution in [3.63, 3.8) is 0 Å². The number of nitrogens with zero attached hydrogens (tertiary/aromatic N) is 3. The summed E-state index contributed by atoms with van der Waals surface area (Å²) >= 11 is 0. The van der Waals surface area contributed by atoms with Crippen molar-refractivity contribution < 1.29 is 13.9 Å². The lowest BCUT2D eigenvalue weighted by Crippen LogP contribution is -2.44. The number of pyridine rings is 1. The number of aliphatic imine (C=N–C) groups is 1. The Hall–Kier alpha value is -2.38. The van der Waals surface area contributed by atoms with E-state index in [4.69, 9.17) is 0 Å². The first-order valence-electron chi connectivity index (χ1n) is 10.1. The number of nitrogens with one attached hydrogen (secondary N) is 2. The maximum Gasteiger partial charge on any atom is 0.305 e. The fourth-order valence-electron chi connectivity index (χ4n) is 3.22. The Balaban J connectivity index is 1.72. The van der Waals surface area contributed by atoms with Gasteiger partial charge in [0.05, 0.1) is 7.11 Å². The number of anilines is 1. The Bertz CT molecular complexity index is 641. The van der Waals surface area contributed by atoms with Crippen molar-refractivity contribution >= 4 is 17.7 Å². The van der Waals surface area contributed by atoms with Crippen LogP contribution in [0, 0.1) is 5.82 Å². The summed E-state index contributed by atoms with van der Waals surface area (Å²) in [5, 5.41) is 6.72. The molecule has 7 nitrogen and oxygen atoms in total. The summed E-state index contributed by atoms with van der Waals surface area (Å²) in [5.74, 6) is 0.787. The molecule has 2 heterocycles. The van der Waals surface area contributed by atoms with Gasteiger partial charge in [0.1, 0.15) is 0 Å². The predicted molar refractivity (Wildman–Crippen MR) is 109 cm³/mol. The van der Waals surface area contributed by atoms with Gasteiger partial charge in [-0.15, -0.1) is 0 Å². The zero-order chi connectivity index (χ0) is 20.2. The normalized spacial score (nSPS) is 16.9. The van der Waals surface area contributed by atoms with Gasteiger partial charge >= 0.3 is 5.97 Å². The number of carbonyl (C=O) groups is 1. The van der Waals surface area contributed by atoms with Crippen LogP contribution >= 0.6 is 0 Å². The predicted octanol–water partition coefficient (Wildman–Crippen LogP) is 2.48. The molecule has 1 aromatic rings. The number of ether oxygens (including phenoxy) is 1. The van der Waals surface area contributed by atoms with E-state index in [9.17, 15) is 9.18 Å². The van der Waals surface area contributed by atoms with E-state index in [1.807, 2.05) is 11.8 Å². The van der Waals surface area contributed by atoms with Gasteiger partial charge in [-0.05, 0) is 38.3 Å². The van der Waals surface area contributed by atoms with Gasteiger partial charge in [-0.1, -0.05) is 12.8 Å². The van der Waals surface area contributed by atoms with E-state index in [-0.39, 0.29) is 17.8 Å². The summed E-state index contributed by atoms with van der Waals surface area (Å²) in [6.07, 6.45) is 6.89. The van der Waals surface area contributed by atoms with Crippen molar-refractivity contribution in [3.05, 3.63) is 24.1 Å². The number of carbonyl (C=O) groups excluding carboxylic acids is 1. The molecule has 1 aromatic heterocycles. The molecule has 8 heteroatoms. The number of methoxy groups -OCH3 is 1. The molecule has 2 rings (SSSR count). The average molecular weight is 394 g/mol. The summed E-state index contributed by atoms with van der Waals surface area (Å²) in [5.41, 5.74) is 0. The molecule has 1 aliphatic heterocycles. The maximum atomic E-state index is 13.9. The summed E-state index contributed by atoms with van der Waals surface area (Å²) in [7, 11) is 1.42. The lowest BCUT2D eigenvalue weighted by molar-refractivity contribution is -0.140. The third kappa shape index (κ3) is 7.32. The van der Waals surface area contributed by atoms with Gasteiger partial charge in [-0.2, -0.15) is 0 Å². The van der Waals surface area contributed by atoms with E-state index >= 15 is 0 Å². The zero-order valence-corrected chi connectivity index (χ0v) is 16.9. The molecule has 0 bridgehead atoms. The van der Waals surface area contributed by atoms with E-state index in [2.05, 4.69) is 25.3 Å². The molecule has 0 spiro atoms. The van der Waals surface area contributed by atoms with Crippen LogP contribution < -0.4 is 15.5 Å². The second-order valence-electron chi connectivity index (χ2n) is 6.89. The molecule has 0 radical (unpaired) electrons. The first-order valence-corrected chi connectivity index (χ1v) is 10.1. The topological polar surface area (TPSA) is 78.8 Å². The van der Waals surface area contributed by atoms with Crippen LogP contribution in [0.2, 0.25) is 0 Å². The van der Waals surface area contributed by atoms with E-state index in [1.54, 1.807) is 12.3 Å². The van der Waals surface area contributed by atoms with Crippen molar-refractivity contribution in [1.82, 2.24) is 15.6 Å². The lowest BCUT2D eigenvalue weighted by atomic mass is 10.1. The Labute approximate surface area is 166 Å². The molecule has 1 unspecified atom stereocenters. The van der Waals surface area contributed by atoms with Crippen LogP contribution in [0.1, 0.15) is 45.4 Å². The second kappa shape index (κ2) is 12.2. The molecule has 0 amide bonds. The molecule has 1 fully saturated rings. The SMILES string of the molecule is CCNC(=NCCCCCCC(=O)OC)NC1CCN(c2ncccc2F)C1. The van der Waals surface area contributed by atoms with Crippen LogP contribution in [0.25, 0.3) is 0 Å². The number of unbranched alkanes of at least 4 members (excludes halogenated alkanes) is 3. The lowest BCUT2D eigenvalue weighted by Gasteiger charge is -2.19. The first-order chi connectivity index (χ1) is 13.6. The Morgan fingerprint density at radius 1 is 1.39 bits per heavy atom. The van der Waals surface area contributed by atoms with Crippen LogP contribution in [0.4, 0.5) is 10.2 Å². The van der Waals surface area contributed by atoms with Crippen LogP contribution in [0.15, 0.2) is 23.3 Å². The molecule has 1 aliphatic rings. The molecule has 0 saturated carbocycles. The number of rotatable bonds is 10. The molecular weight excluding hydrogens is 361 g/mol. The van der Waals surface area contributed by atoms with Gasteiger partial charge in [-0.3, -0.25) is 9.79 Å². The first kappa shape index (κ1) is 21.9. The molecular formula is C20H32FN5O2. The van der Waals surface area contributed by atoms with Gasteiger partial charge in [-0.25, -0.2) is 9.37 Å². The number of hydrogen-bond donors (Lipinski definition) is 2. The van der Waals surface area contributed by atoms with Crippen molar-refractivity contribution in [2.24, 2.45) is 4.99 Å². The average Bonchev–Trinajstić information content (AvgIpc) is 3.15. The van der Waals surface area contributed by atoms with Crippen LogP contribution in [0.3, 0.4) is 0 Å². The van der Waals surface area contributed by atoms with Crippen molar-refractivity contribution in [3.8, 4) is 0 Å². The van der Waals surface area contributed by atoms with Crippen LogP contribution in [-0.2, 0) is 9.53 Å². The highest BCUT2D eigenvalue weighted by molar-refractivity contribution is 5.80. The largest absolute Gasteiger partial charge is 0.469 e. The van der Waals surface area contributed by atoms with Gasteiger partial charge < -0.3 is 20.3 Å². The summed E-state index contributed by atoms with van der Waals surface area (Å²) in [4.78, 5) is 21.8. The van der Waals surface area contributed by atoms with Gasteiger partial charge in [0, 0.05) is 44.8 Å². The highest BCUT2D eigenvalue weighted by Crippen LogP contribution is 2.20. The summed E-state index contributed by atoms with van der Waals surface area (Å²) in [6, 6.07) is 3.26. The van der Waals surface area contributed by atoms with Gasteiger partial charge in [0.25, 0.3) is 0 Å². The highest BCUT2D eigenvalue weighted by atomic mass is 19.1. The molecule has 28 heavy (non-hydrogen) atoms. The van der Waals surface area contributed by atoms with E-state index in [1.165, 1.54) is 13.2 Å². The Morgan fingerprint density at radius 2 is 2.21 bits per heavy atom. The number of guanidine groups is 1. The number of hydrogen-bond acceptors (Lipinski definition) is 5. The minimum Gasteiger partial charge on any atom is -0.469 e. The van der Waals surface area contributed by atoms with Crippen molar-refractivity contribution in [2.45, 2.75) is 51.5 Å². The Kier molecular flexibility index (Phi) is 9.51. The number of aromatic nitrogens is 1.